The van der Waals surface area contributed by atoms with Crippen LogP contribution in [0.4, 0.5) is 0 Å². The molecule has 2 unspecified atom stereocenters. The molecule has 2 atom stereocenters. The van der Waals surface area contributed by atoms with E-state index in [1.807, 2.05) is 30.5 Å². The Morgan fingerprint density at radius 2 is 1.89 bits per heavy atom. The second-order valence-corrected chi connectivity index (χ2v) is 5.90. The van der Waals surface area contributed by atoms with Gasteiger partial charge in [0.1, 0.15) is 0 Å². The summed E-state index contributed by atoms with van der Waals surface area (Å²) in [6, 6.07) is 7.95. The van der Waals surface area contributed by atoms with Crippen LogP contribution in [0.5, 0.6) is 0 Å². The van der Waals surface area contributed by atoms with Crippen LogP contribution < -0.4 is 0 Å². The molecule has 0 bridgehead atoms. The van der Waals surface area contributed by atoms with Gasteiger partial charge in [-0.05, 0) is 36.1 Å². The highest BCUT2D eigenvalue weighted by molar-refractivity contribution is 6.10. The van der Waals surface area contributed by atoms with Gasteiger partial charge in [0.2, 0.25) is 0 Å². The Labute approximate surface area is 112 Å². The van der Waals surface area contributed by atoms with Gasteiger partial charge in [-0.15, -0.1) is 0 Å². The third kappa shape index (κ3) is 1.70. The van der Waals surface area contributed by atoms with Gasteiger partial charge in [-0.3, -0.25) is 9.78 Å². The first-order valence-electron chi connectivity index (χ1n) is 7.23. The molecule has 1 aromatic carbocycles. The SMILES string of the molecule is O=C(c1cccc2cnccc12)C1C2CCCCC21. The van der Waals surface area contributed by atoms with E-state index in [1.54, 1.807) is 6.20 Å². The average molecular weight is 251 g/mol. The van der Waals surface area contributed by atoms with Crippen molar-refractivity contribution < 1.29 is 4.79 Å². The molecule has 4 rings (SSSR count). The van der Waals surface area contributed by atoms with E-state index in [0.717, 1.165) is 16.3 Å². The number of nitrogens with zero attached hydrogens (tertiary/aromatic N) is 1. The molecule has 0 N–H and O–H groups in total. The van der Waals surface area contributed by atoms with Crippen LogP contribution in [0, 0.1) is 17.8 Å². The molecular weight excluding hydrogens is 234 g/mol. The Bertz CT molecular complexity index is 631. The number of hydrogen-bond acceptors (Lipinski definition) is 2. The molecule has 0 saturated heterocycles. The molecule has 19 heavy (non-hydrogen) atoms. The number of aromatic nitrogens is 1. The number of ketones is 1. The molecule has 0 radical (unpaired) electrons. The lowest BCUT2D eigenvalue weighted by Crippen LogP contribution is -2.05. The van der Waals surface area contributed by atoms with Gasteiger partial charge in [-0.25, -0.2) is 0 Å². The Balaban J connectivity index is 1.73. The third-order valence-electron chi connectivity index (χ3n) is 4.91. The Morgan fingerprint density at radius 3 is 2.68 bits per heavy atom. The van der Waals surface area contributed by atoms with Crippen molar-refractivity contribution in [3.63, 3.8) is 0 Å². The van der Waals surface area contributed by atoms with Gasteiger partial charge in [-0.1, -0.05) is 31.0 Å². The van der Waals surface area contributed by atoms with Crippen molar-refractivity contribution in [2.45, 2.75) is 25.7 Å². The lowest BCUT2D eigenvalue weighted by atomic mass is 9.99. The Morgan fingerprint density at radius 1 is 1.11 bits per heavy atom. The van der Waals surface area contributed by atoms with E-state index in [1.165, 1.54) is 25.7 Å². The van der Waals surface area contributed by atoms with Crippen LogP contribution in [-0.4, -0.2) is 10.8 Å². The summed E-state index contributed by atoms with van der Waals surface area (Å²) in [6.07, 6.45) is 8.75. The molecule has 0 aliphatic heterocycles. The van der Waals surface area contributed by atoms with Crippen molar-refractivity contribution in [2.75, 3.05) is 0 Å². The first kappa shape index (κ1) is 11.2. The molecule has 2 nitrogen and oxygen atoms in total. The molecule has 96 valence electrons. The van der Waals surface area contributed by atoms with Crippen molar-refractivity contribution >= 4 is 16.6 Å². The summed E-state index contributed by atoms with van der Waals surface area (Å²) < 4.78 is 0. The van der Waals surface area contributed by atoms with Crippen molar-refractivity contribution in [3.05, 3.63) is 42.2 Å². The fourth-order valence-electron chi connectivity index (χ4n) is 3.90. The van der Waals surface area contributed by atoms with Crippen LogP contribution in [0.2, 0.25) is 0 Å². The summed E-state index contributed by atoms with van der Waals surface area (Å²) in [5, 5.41) is 2.13. The van der Waals surface area contributed by atoms with Crippen molar-refractivity contribution in [2.24, 2.45) is 17.8 Å². The first-order chi connectivity index (χ1) is 9.36. The normalized spacial score (nSPS) is 28.9. The van der Waals surface area contributed by atoms with E-state index in [-0.39, 0.29) is 0 Å². The summed E-state index contributed by atoms with van der Waals surface area (Å²) in [5.41, 5.74) is 0.902. The first-order valence-corrected chi connectivity index (χ1v) is 7.23. The molecule has 2 aliphatic carbocycles. The third-order valence-corrected chi connectivity index (χ3v) is 4.91. The standard InChI is InChI=1S/C17H17NO/c19-17(16-13-5-1-2-6-14(13)16)15-7-3-4-11-10-18-9-8-12(11)15/h3-4,7-10,13-14,16H,1-2,5-6H2. The van der Waals surface area contributed by atoms with Gasteiger partial charge in [0, 0.05) is 29.3 Å². The fraction of sp³-hybridized carbons (Fsp3) is 0.412. The minimum absolute atomic E-state index is 0.307. The number of rotatable bonds is 2. The Hall–Kier alpha value is -1.70. The van der Waals surface area contributed by atoms with Crippen molar-refractivity contribution in [3.8, 4) is 0 Å². The molecule has 0 amide bonds. The van der Waals surface area contributed by atoms with Crippen LogP contribution in [-0.2, 0) is 0 Å². The molecule has 1 heterocycles. The van der Waals surface area contributed by atoms with Gasteiger partial charge in [-0.2, -0.15) is 0 Å². The van der Waals surface area contributed by atoms with Crippen LogP contribution in [0.15, 0.2) is 36.7 Å². The van der Waals surface area contributed by atoms with E-state index >= 15 is 0 Å². The lowest BCUT2D eigenvalue weighted by molar-refractivity contribution is 0.0958. The number of benzene rings is 1. The van der Waals surface area contributed by atoms with Gasteiger partial charge in [0.15, 0.2) is 5.78 Å². The summed E-state index contributed by atoms with van der Waals surface area (Å²) in [5.74, 6) is 2.03. The van der Waals surface area contributed by atoms with Crippen molar-refractivity contribution in [1.29, 1.82) is 0 Å². The Kier molecular flexibility index (Phi) is 2.44. The van der Waals surface area contributed by atoms with Gasteiger partial charge in [0.05, 0.1) is 0 Å². The molecule has 2 aromatic rings. The zero-order valence-electron chi connectivity index (χ0n) is 10.9. The van der Waals surface area contributed by atoms with E-state index < -0.39 is 0 Å². The van der Waals surface area contributed by atoms with Crippen LogP contribution in [0.1, 0.15) is 36.0 Å². The van der Waals surface area contributed by atoms with Gasteiger partial charge in [0.25, 0.3) is 0 Å². The molecule has 2 saturated carbocycles. The smallest absolute Gasteiger partial charge is 0.167 e. The van der Waals surface area contributed by atoms with Crippen LogP contribution in [0.25, 0.3) is 10.8 Å². The molecule has 2 fully saturated rings. The van der Waals surface area contributed by atoms with E-state index in [4.69, 9.17) is 0 Å². The molecule has 2 aliphatic rings. The quantitative estimate of drug-likeness (QED) is 0.759. The van der Waals surface area contributed by atoms with E-state index in [2.05, 4.69) is 4.98 Å². The summed E-state index contributed by atoms with van der Waals surface area (Å²) in [6.45, 7) is 0. The highest BCUT2D eigenvalue weighted by Gasteiger charge is 2.54. The number of pyridine rings is 1. The van der Waals surface area contributed by atoms with Gasteiger partial charge < -0.3 is 0 Å². The number of Topliss-reactive ketones (excluding diaryl/α,β-unsaturated/α-hetero) is 1. The second-order valence-electron chi connectivity index (χ2n) is 5.90. The van der Waals surface area contributed by atoms with Crippen molar-refractivity contribution in [1.82, 2.24) is 4.98 Å². The number of fused-ring (bicyclic) bond motifs is 2. The maximum absolute atomic E-state index is 12.8. The fourth-order valence-corrected chi connectivity index (χ4v) is 3.90. The maximum Gasteiger partial charge on any atom is 0.167 e. The lowest BCUT2D eigenvalue weighted by Gasteiger charge is -2.05. The molecule has 2 heteroatoms. The highest BCUT2D eigenvalue weighted by Crippen LogP contribution is 2.56. The number of hydrogen-bond donors (Lipinski definition) is 0. The van der Waals surface area contributed by atoms with E-state index in [9.17, 15) is 4.79 Å². The van der Waals surface area contributed by atoms with E-state index in [0.29, 0.717) is 23.5 Å². The average Bonchev–Trinajstić information content (AvgIpc) is 3.20. The highest BCUT2D eigenvalue weighted by atomic mass is 16.1. The maximum atomic E-state index is 12.8. The van der Waals surface area contributed by atoms with Crippen LogP contribution in [0.3, 0.4) is 0 Å². The minimum atomic E-state index is 0.307. The summed E-state index contributed by atoms with van der Waals surface area (Å²) in [4.78, 5) is 16.9. The monoisotopic (exact) mass is 251 g/mol. The van der Waals surface area contributed by atoms with Gasteiger partial charge >= 0.3 is 0 Å². The minimum Gasteiger partial charge on any atom is -0.294 e. The zero-order chi connectivity index (χ0) is 12.8. The molecular formula is C17H17NO. The second kappa shape index (κ2) is 4.16. The summed E-state index contributed by atoms with van der Waals surface area (Å²) >= 11 is 0. The zero-order valence-corrected chi connectivity index (χ0v) is 10.9. The number of carbonyl (C=O) groups excluding carboxylic acids is 1. The predicted molar refractivity (Wildman–Crippen MR) is 75.0 cm³/mol. The molecule has 1 aromatic heterocycles. The topological polar surface area (TPSA) is 30.0 Å². The summed E-state index contributed by atoms with van der Waals surface area (Å²) in [7, 11) is 0. The predicted octanol–water partition coefficient (Wildman–Crippen LogP) is 3.85. The largest absolute Gasteiger partial charge is 0.294 e. The number of carbonyl (C=O) groups is 1. The molecule has 0 spiro atoms. The van der Waals surface area contributed by atoms with Crippen LogP contribution >= 0.6 is 0 Å².